The Balaban J connectivity index is 1.70. The number of methoxy groups -OCH3 is 3. The van der Waals surface area contributed by atoms with Gasteiger partial charge in [0.2, 0.25) is 5.75 Å². The molecule has 0 radical (unpaired) electrons. The summed E-state index contributed by atoms with van der Waals surface area (Å²) >= 11 is 0. The van der Waals surface area contributed by atoms with Gasteiger partial charge >= 0.3 is 5.82 Å². The first kappa shape index (κ1) is 20.2. The minimum absolute atomic E-state index is 0.134. The molecule has 0 bridgehead atoms. The van der Waals surface area contributed by atoms with Gasteiger partial charge in [-0.2, -0.15) is 0 Å². The first-order valence-electron chi connectivity index (χ1n) is 8.93. The number of ether oxygens (including phenoxy) is 3. The maximum Gasteiger partial charge on any atom is 0.363 e. The molecule has 29 heavy (non-hydrogen) atoms. The fraction of sp³-hybridized carbons (Fsp3) is 0.368. The van der Waals surface area contributed by atoms with Crippen molar-refractivity contribution in [3.8, 4) is 17.2 Å². The zero-order valence-corrected chi connectivity index (χ0v) is 16.5. The van der Waals surface area contributed by atoms with Crippen LogP contribution in [0, 0.1) is 10.1 Å². The second-order valence-electron chi connectivity index (χ2n) is 6.32. The lowest BCUT2D eigenvalue weighted by molar-refractivity contribution is -0.389. The summed E-state index contributed by atoms with van der Waals surface area (Å²) in [6, 6.07) is 6.32. The molecule has 0 spiro atoms. The normalized spacial score (nSPS) is 13.8. The third kappa shape index (κ3) is 4.15. The Bertz CT molecular complexity index is 869. The fourth-order valence-corrected chi connectivity index (χ4v) is 3.23. The van der Waals surface area contributed by atoms with Crippen molar-refractivity contribution >= 4 is 17.4 Å². The number of pyridine rings is 1. The molecule has 0 unspecified atom stereocenters. The second kappa shape index (κ2) is 8.63. The van der Waals surface area contributed by atoms with Crippen LogP contribution in [-0.4, -0.2) is 68.2 Å². The highest BCUT2D eigenvalue weighted by atomic mass is 16.6. The van der Waals surface area contributed by atoms with Gasteiger partial charge in [0.15, 0.2) is 17.7 Å². The SMILES string of the molecule is COc1cc(C(=O)N2CCN(c3ccc([N+](=O)[O-])nc3)CC2)cc(OC)c1OC. The molecule has 2 heterocycles. The van der Waals surface area contributed by atoms with Crippen molar-refractivity contribution in [2.45, 2.75) is 0 Å². The number of carbonyl (C=O) groups excluding carboxylic acids is 1. The van der Waals surface area contributed by atoms with E-state index in [0.29, 0.717) is 49.0 Å². The molecule has 154 valence electrons. The van der Waals surface area contributed by atoms with Crippen molar-refractivity contribution in [1.82, 2.24) is 9.88 Å². The highest BCUT2D eigenvalue weighted by molar-refractivity contribution is 5.95. The van der Waals surface area contributed by atoms with Crippen molar-refractivity contribution in [3.63, 3.8) is 0 Å². The van der Waals surface area contributed by atoms with Crippen molar-refractivity contribution < 1.29 is 23.9 Å². The van der Waals surface area contributed by atoms with Crippen molar-refractivity contribution in [3.05, 3.63) is 46.1 Å². The zero-order chi connectivity index (χ0) is 21.0. The molecule has 1 aromatic carbocycles. The van der Waals surface area contributed by atoms with E-state index in [1.807, 2.05) is 4.90 Å². The van der Waals surface area contributed by atoms with Gasteiger partial charge in [-0.25, -0.2) is 0 Å². The predicted octanol–water partition coefficient (Wildman–Crippen LogP) is 1.98. The van der Waals surface area contributed by atoms with Crippen LogP contribution in [0.15, 0.2) is 30.5 Å². The Morgan fingerprint density at radius 3 is 2.10 bits per heavy atom. The van der Waals surface area contributed by atoms with Crippen LogP contribution in [0.3, 0.4) is 0 Å². The average molecular weight is 402 g/mol. The van der Waals surface area contributed by atoms with Gasteiger partial charge in [-0.15, -0.1) is 0 Å². The number of hydrogen-bond acceptors (Lipinski definition) is 8. The summed E-state index contributed by atoms with van der Waals surface area (Å²) in [6.07, 6.45) is 1.48. The minimum atomic E-state index is -0.530. The van der Waals surface area contributed by atoms with Crippen molar-refractivity contribution in [1.29, 1.82) is 0 Å². The Morgan fingerprint density at radius 2 is 1.66 bits per heavy atom. The summed E-state index contributed by atoms with van der Waals surface area (Å²) in [6.45, 7) is 2.20. The van der Waals surface area contributed by atoms with Crippen LogP contribution in [0.4, 0.5) is 11.5 Å². The molecule has 0 N–H and O–H groups in total. The molecular weight excluding hydrogens is 380 g/mol. The summed E-state index contributed by atoms with van der Waals surface area (Å²) in [5.74, 6) is 0.953. The number of carbonyl (C=O) groups is 1. The maximum atomic E-state index is 13.0. The summed E-state index contributed by atoms with van der Waals surface area (Å²) in [5.41, 5.74) is 1.24. The van der Waals surface area contributed by atoms with Crippen LogP contribution < -0.4 is 19.1 Å². The lowest BCUT2D eigenvalue weighted by Crippen LogP contribution is -2.48. The van der Waals surface area contributed by atoms with Crippen LogP contribution in [0.1, 0.15) is 10.4 Å². The van der Waals surface area contributed by atoms with Gasteiger partial charge in [-0.1, -0.05) is 0 Å². The van der Waals surface area contributed by atoms with Gasteiger partial charge in [-0.05, 0) is 28.1 Å². The van der Waals surface area contributed by atoms with Crippen LogP contribution in [0.5, 0.6) is 17.2 Å². The topological polar surface area (TPSA) is 107 Å². The fourth-order valence-electron chi connectivity index (χ4n) is 3.23. The van der Waals surface area contributed by atoms with Crippen LogP contribution >= 0.6 is 0 Å². The minimum Gasteiger partial charge on any atom is -0.493 e. The molecule has 1 aliphatic rings. The second-order valence-corrected chi connectivity index (χ2v) is 6.32. The van der Waals surface area contributed by atoms with Crippen LogP contribution in [0.25, 0.3) is 0 Å². The van der Waals surface area contributed by atoms with E-state index in [4.69, 9.17) is 14.2 Å². The first-order valence-corrected chi connectivity index (χ1v) is 8.93. The van der Waals surface area contributed by atoms with E-state index in [2.05, 4.69) is 4.98 Å². The number of rotatable bonds is 6. The van der Waals surface area contributed by atoms with Crippen molar-refractivity contribution in [2.75, 3.05) is 52.4 Å². The van der Waals surface area contributed by atoms with E-state index in [0.717, 1.165) is 5.69 Å². The summed E-state index contributed by atoms with van der Waals surface area (Å²) < 4.78 is 15.9. The maximum absolute atomic E-state index is 13.0. The smallest absolute Gasteiger partial charge is 0.363 e. The Labute approximate surface area is 167 Å². The van der Waals surface area contributed by atoms with E-state index in [-0.39, 0.29) is 11.7 Å². The largest absolute Gasteiger partial charge is 0.493 e. The molecule has 0 saturated carbocycles. The number of piperazine rings is 1. The number of nitro groups is 1. The van der Waals surface area contributed by atoms with Crippen molar-refractivity contribution in [2.24, 2.45) is 0 Å². The number of aromatic nitrogens is 1. The predicted molar refractivity (Wildman–Crippen MR) is 105 cm³/mol. The zero-order valence-electron chi connectivity index (χ0n) is 16.5. The standard InChI is InChI=1S/C19H22N4O6/c1-27-15-10-13(11-16(28-2)18(15)29-3)19(24)22-8-6-21(7-9-22)14-4-5-17(20-12-14)23(25)26/h4-5,10-12H,6-9H2,1-3H3. The number of benzene rings is 1. The van der Waals surface area contributed by atoms with Crippen LogP contribution in [0.2, 0.25) is 0 Å². The van der Waals surface area contributed by atoms with Gasteiger partial charge in [0.25, 0.3) is 5.91 Å². The molecule has 1 amide bonds. The molecule has 1 aromatic heterocycles. The third-order valence-electron chi connectivity index (χ3n) is 4.76. The monoisotopic (exact) mass is 402 g/mol. The Kier molecular flexibility index (Phi) is 6.01. The highest BCUT2D eigenvalue weighted by Gasteiger charge is 2.25. The quantitative estimate of drug-likeness (QED) is 0.533. The lowest BCUT2D eigenvalue weighted by Gasteiger charge is -2.35. The van der Waals surface area contributed by atoms with E-state index in [1.54, 1.807) is 23.1 Å². The van der Waals surface area contributed by atoms with Gasteiger partial charge in [0.1, 0.15) is 0 Å². The summed E-state index contributed by atoms with van der Waals surface area (Å²) in [4.78, 5) is 30.8. The molecule has 1 aliphatic heterocycles. The van der Waals surface area contributed by atoms with E-state index < -0.39 is 4.92 Å². The van der Waals surface area contributed by atoms with E-state index in [9.17, 15) is 14.9 Å². The molecule has 1 fully saturated rings. The third-order valence-corrected chi connectivity index (χ3v) is 4.76. The van der Waals surface area contributed by atoms with Gasteiger partial charge in [0.05, 0.1) is 27.0 Å². The number of hydrogen-bond donors (Lipinski definition) is 0. The Hall–Kier alpha value is -3.56. The molecule has 0 aliphatic carbocycles. The lowest BCUT2D eigenvalue weighted by atomic mass is 10.1. The molecule has 2 aromatic rings. The molecular formula is C19H22N4O6. The molecule has 10 nitrogen and oxygen atoms in total. The molecule has 10 heteroatoms. The Morgan fingerprint density at radius 1 is 1.03 bits per heavy atom. The van der Waals surface area contributed by atoms with Gasteiger partial charge < -0.3 is 34.1 Å². The number of amides is 1. The first-order chi connectivity index (χ1) is 14.0. The summed E-state index contributed by atoms with van der Waals surface area (Å²) in [5, 5.41) is 10.7. The average Bonchev–Trinajstić information content (AvgIpc) is 2.77. The molecule has 1 saturated heterocycles. The number of nitrogens with zero attached hydrogens (tertiary/aromatic N) is 4. The molecule has 3 rings (SSSR count). The van der Waals surface area contributed by atoms with Gasteiger partial charge in [0, 0.05) is 37.8 Å². The highest BCUT2D eigenvalue weighted by Crippen LogP contribution is 2.38. The van der Waals surface area contributed by atoms with Crippen LogP contribution in [-0.2, 0) is 0 Å². The van der Waals surface area contributed by atoms with Gasteiger partial charge in [-0.3, -0.25) is 4.79 Å². The molecule has 0 atom stereocenters. The summed E-state index contributed by atoms with van der Waals surface area (Å²) in [7, 11) is 4.51. The van der Waals surface area contributed by atoms with E-state index >= 15 is 0 Å². The number of anilines is 1. The van der Waals surface area contributed by atoms with E-state index in [1.165, 1.54) is 33.6 Å².